The van der Waals surface area contributed by atoms with E-state index >= 15 is 0 Å². The second-order valence-electron chi connectivity index (χ2n) is 2.19. The molecule has 0 fully saturated rings. The first-order valence-corrected chi connectivity index (χ1v) is 3.10. The molecule has 0 atom stereocenters. The van der Waals surface area contributed by atoms with Gasteiger partial charge in [0.2, 0.25) is 0 Å². The number of hydrogen-bond donors (Lipinski definition) is 0. The molecule has 0 N–H and O–H groups in total. The molecule has 3 heteroatoms. The minimum Gasteiger partial charge on any atom is -0.346 e. The first kappa shape index (κ1) is 5.41. The predicted octanol–water partition coefficient (Wildman–Crippen LogP) is 0.920. The Bertz CT molecular complexity index is 313. The van der Waals surface area contributed by atoms with Gasteiger partial charge < -0.3 is 4.57 Å². The lowest BCUT2D eigenvalue weighted by atomic mass is 10.4. The van der Waals surface area contributed by atoms with E-state index in [9.17, 15) is 0 Å². The summed E-state index contributed by atoms with van der Waals surface area (Å²) in [5.41, 5.74) is 1.07. The van der Waals surface area contributed by atoms with Crippen molar-refractivity contribution >= 4 is 0 Å². The topological polar surface area (TPSA) is 30.7 Å². The molecule has 0 unspecified atom stereocenters. The Morgan fingerprint density at radius 2 is 2.10 bits per heavy atom. The van der Waals surface area contributed by atoms with Crippen LogP contribution in [0.3, 0.4) is 0 Å². The number of hydrogen-bond acceptors (Lipinski definition) is 2. The van der Waals surface area contributed by atoms with E-state index in [0.717, 1.165) is 11.5 Å². The highest BCUT2D eigenvalue weighted by molar-refractivity contribution is 5.50. The standard InChI is InChI=1S/C7H7N3/c1-10-5-4-9-7-6(10)2-3-8-7/h2-5H,1H3. The van der Waals surface area contributed by atoms with Gasteiger partial charge in [0.05, 0.1) is 5.69 Å². The molecule has 0 aromatic heterocycles. The van der Waals surface area contributed by atoms with Crippen molar-refractivity contribution in [1.29, 1.82) is 0 Å². The number of aryl methyl sites for hydroxylation is 1. The van der Waals surface area contributed by atoms with Gasteiger partial charge in [-0.15, -0.1) is 0 Å². The summed E-state index contributed by atoms with van der Waals surface area (Å²) in [5, 5.41) is 0. The highest BCUT2D eigenvalue weighted by Crippen LogP contribution is 2.13. The molecule has 3 nitrogen and oxygen atoms in total. The van der Waals surface area contributed by atoms with Crippen molar-refractivity contribution in [3.8, 4) is 11.5 Å². The van der Waals surface area contributed by atoms with E-state index in [1.165, 1.54) is 0 Å². The van der Waals surface area contributed by atoms with Crippen LogP contribution in [-0.2, 0) is 7.05 Å². The molecule has 0 radical (unpaired) electrons. The van der Waals surface area contributed by atoms with Gasteiger partial charge in [0.15, 0.2) is 5.82 Å². The van der Waals surface area contributed by atoms with Crippen molar-refractivity contribution < 1.29 is 0 Å². The van der Waals surface area contributed by atoms with E-state index in [2.05, 4.69) is 9.97 Å². The smallest absolute Gasteiger partial charge is 0.176 e. The maximum atomic E-state index is 4.07. The number of rotatable bonds is 0. The maximum absolute atomic E-state index is 4.07. The van der Waals surface area contributed by atoms with Gasteiger partial charge in [-0.2, -0.15) is 0 Å². The summed E-state index contributed by atoms with van der Waals surface area (Å²) in [6.45, 7) is 0. The monoisotopic (exact) mass is 133 g/mol. The second kappa shape index (κ2) is 1.80. The fraction of sp³-hybridized carbons (Fsp3) is 0.143. The van der Waals surface area contributed by atoms with E-state index in [4.69, 9.17) is 0 Å². The van der Waals surface area contributed by atoms with E-state index in [1.54, 1.807) is 12.4 Å². The Kier molecular flexibility index (Phi) is 0.974. The minimum absolute atomic E-state index is 0.810. The van der Waals surface area contributed by atoms with Crippen LogP contribution in [0.4, 0.5) is 0 Å². The molecule has 0 aromatic rings. The van der Waals surface area contributed by atoms with Crippen molar-refractivity contribution in [3.63, 3.8) is 0 Å². The lowest BCUT2D eigenvalue weighted by Gasteiger charge is -2.01. The molecule has 2 heterocycles. The molecule has 0 saturated carbocycles. The fourth-order valence-electron chi connectivity index (χ4n) is 0.978. The minimum atomic E-state index is 0.810. The average molecular weight is 133 g/mol. The molecule has 0 amide bonds. The Morgan fingerprint density at radius 3 is 2.90 bits per heavy atom. The van der Waals surface area contributed by atoms with Crippen molar-refractivity contribution in [2.24, 2.45) is 7.05 Å². The summed E-state index contributed by atoms with van der Waals surface area (Å²) >= 11 is 0. The zero-order chi connectivity index (χ0) is 6.97. The third kappa shape index (κ3) is 0.603. The summed E-state index contributed by atoms with van der Waals surface area (Å²) in [6, 6.07) is 1.95. The largest absolute Gasteiger partial charge is 0.346 e. The van der Waals surface area contributed by atoms with Crippen LogP contribution in [0.15, 0.2) is 24.7 Å². The molecule has 10 heavy (non-hydrogen) atoms. The van der Waals surface area contributed by atoms with Crippen molar-refractivity contribution in [1.82, 2.24) is 14.5 Å². The molecule has 0 saturated heterocycles. The Labute approximate surface area is 58.7 Å². The Balaban J connectivity index is 2.80. The van der Waals surface area contributed by atoms with Gasteiger partial charge in [0, 0.05) is 25.6 Å². The average Bonchev–Trinajstić information content (AvgIpc) is 2.36. The van der Waals surface area contributed by atoms with Gasteiger partial charge in [-0.05, 0) is 6.07 Å². The van der Waals surface area contributed by atoms with Crippen LogP contribution in [0.2, 0.25) is 0 Å². The third-order valence-electron chi connectivity index (χ3n) is 1.53. The summed E-state index contributed by atoms with van der Waals surface area (Å²) in [5.74, 6) is 0.810. The highest BCUT2D eigenvalue weighted by Gasteiger charge is 2.03. The Hall–Kier alpha value is -1.38. The zero-order valence-electron chi connectivity index (χ0n) is 5.65. The second-order valence-corrected chi connectivity index (χ2v) is 2.19. The quantitative estimate of drug-likeness (QED) is 0.535. The van der Waals surface area contributed by atoms with Crippen LogP contribution in [0.25, 0.3) is 11.5 Å². The van der Waals surface area contributed by atoms with Crippen molar-refractivity contribution in [2.45, 2.75) is 0 Å². The van der Waals surface area contributed by atoms with E-state index in [-0.39, 0.29) is 0 Å². The van der Waals surface area contributed by atoms with Gasteiger partial charge in [0.25, 0.3) is 0 Å². The molecule has 0 bridgehead atoms. The molecule has 0 spiro atoms. The summed E-state index contributed by atoms with van der Waals surface area (Å²) in [7, 11) is 1.98. The lowest BCUT2D eigenvalue weighted by Crippen LogP contribution is -1.96. The molecule has 2 rings (SSSR count). The highest BCUT2D eigenvalue weighted by atomic mass is 15.0. The Morgan fingerprint density at radius 1 is 1.30 bits per heavy atom. The molecule has 0 aliphatic carbocycles. The van der Waals surface area contributed by atoms with E-state index < -0.39 is 0 Å². The van der Waals surface area contributed by atoms with Gasteiger partial charge in [-0.3, -0.25) is 0 Å². The number of nitrogens with zero attached hydrogens (tertiary/aromatic N) is 3. The third-order valence-corrected chi connectivity index (χ3v) is 1.53. The predicted molar refractivity (Wildman–Crippen MR) is 37.6 cm³/mol. The molecular formula is C7H7N3. The van der Waals surface area contributed by atoms with Crippen molar-refractivity contribution in [2.75, 3.05) is 0 Å². The normalized spacial score (nSPS) is 10.5. The first-order chi connectivity index (χ1) is 4.88. The van der Waals surface area contributed by atoms with E-state index in [0.29, 0.717) is 0 Å². The SMILES string of the molecule is Cn1ccnc2nccc1-2. The van der Waals surface area contributed by atoms with E-state index in [1.807, 2.05) is 23.9 Å². The van der Waals surface area contributed by atoms with Crippen LogP contribution in [0.5, 0.6) is 0 Å². The fourth-order valence-corrected chi connectivity index (χ4v) is 0.978. The van der Waals surface area contributed by atoms with Crippen LogP contribution < -0.4 is 0 Å². The van der Waals surface area contributed by atoms with Gasteiger partial charge in [-0.1, -0.05) is 0 Å². The molecule has 50 valence electrons. The summed E-state index contributed by atoms with van der Waals surface area (Å²) < 4.78 is 2.00. The maximum Gasteiger partial charge on any atom is 0.176 e. The van der Waals surface area contributed by atoms with Crippen LogP contribution in [0.1, 0.15) is 0 Å². The lowest BCUT2D eigenvalue weighted by molar-refractivity contribution is 0.891. The first-order valence-electron chi connectivity index (χ1n) is 3.10. The molecular weight excluding hydrogens is 126 g/mol. The molecule has 0 aromatic carbocycles. The number of aromatic nitrogens is 3. The summed E-state index contributed by atoms with van der Waals surface area (Å²) in [4.78, 5) is 8.12. The van der Waals surface area contributed by atoms with Crippen LogP contribution in [0, 0.1) is 0 Å². The van der Waals surface area contributed by atoms with Gasteiger partial charge in [0.1, 0.15) is 0 Å². The molecule has 2 aliphatic rings. The molecule has 2 aliphatic heterocycles. The van der Waals surface area contributed by atoms with Crippen molar-refractivity contribution in [3.05, 3.63) is 24.7 Å². The van der Waals surface area contributed by atoms with Gasteiger partial charge in [-0.25, -0.2) is 9.97 Å². The van der Waals surface area contributed by atoms with Crippen LogP contribution in [-0.4, -0.2) is 14.5 Å². The number of fused-ring (bicyclic) bond motifs is 1. The van der Waals surface area contributed by atoms with Crippen LogP contribution >= 0.6 is 0 Å². The zero-order valence-corrected chi connectivity index (χ0v) is 5.65. The summed E-state index contributed by atoms with van der Waals surface area (Å²) in [6.07, 6.45) is 5.41. The van der Waals surface area contributed by atoms with Gasteiger partial charge >= 0.3 is 0 Å².